The van der Waals surface area contributed by atoms with E-state index in [0.29, 0.717) is 12.2 Å². The molecule has 2 N–H and O–H groups in total. The summed E-state index contributed by atoms with van der Waals surface area (Å²) >= 11 is 0. The van der Waals surface area contributed by atoms with E-state index >= 15 is 0 Å². The van der Waals surface area contributed by atoms with Crippen LogP contribution in [-0.2, 0) is 4.79 Å². The van der Waals surface area contributed by atoms with Gasteiger partial charge in [0.2, 0.25) is 0 Å². The maximum atomic E-state index is 13.8. The minimum atomic E-state index is -0.864. The van der Waals surface area contributed by atoms with Crippen LogP contribution in [-0.4, -0.2) is 36.2 Å². The summed E-state index contributed by atoms with van der Waals surface area (Å²) in [5.41, 5.74) is 0.484. The van der Waals surface area contributed by atoms with Gasteiger partial charge >= 0.3 is 5.97 Å². The fraction of sp³-hybridized carbons (Fsp3) is 0.462. The number of halogens is 1. The molecule has 1 aliphatic rings. The zero-order chi connectivity index (χ0) is 13.1. The van der Waals surface area contributed by atoms with Gasteiger partial charge in [0.25, 0.3) is 0 Å². The van der Waals surface area contributed by atoms with Gasteiger partial charge in [0.05, 0.1) is 18.2 Å². The lowest BCUT2D eigenvalue weighted by Gasteiger charge is -2.42. The second-order valence-electron chi connectivity index (χ2n) is 4.62. The Morgan fingerprint density at radius 1 is 1.50 bits per heavy atom. The van der Waals surface area contributed by atoms with Crippen molar-refractivity contribution >= 4 is 11.7 Å². The van der Waals surface area contributed by atoms with E-state index in [1.807, 2.05) is 11.8 Å². The first-order valence-corrected chi connectivity index (χ1v) is 6.05. The van der Waals surface area contributed by atoms with Crippen molar-refractivity contribution in [3.63, 3.8) is 0 Å². The van der Waals surface area contributed by atoms with E-state index in [9.17, 15) is 9.18 Å². The fourth-order valence-corrected chi connectivity index (χ4v) is 2.48. The molecule has 2 unspecified atom stereocenters. The molecule has 0 spiro atoms. The third kappa shape index (κ3) is 2.61. The summed E-state index contributed by atoms with van der Waals surface area (Å²) < 4.78 is 13.8. The lowest BCUT2D eigenvalue weighted by molar-refractivity contribution is -0.137. The normalized spacial score (nSPS) is 24.0. The van der Waals surface area contributed by atoms with E-state index in [2.05, 4.69) is 5.32 Å². The van der Waals surface area contributed by atoms with Gasteiger partial charge in [0, 0.05) is 19.1 Å². The van der Waals surface area contributed by atoms with Gasteiger partial charge in [-0.15, -0.1) is 0 Å². The maximum Gasteiger partial charge on any atom is 0.305 e. The number of piperazine rings is 1. The Hall–Kier alpha value is -1.62. The molecule has 2 rings (SSSR count). The van der Waals surface area contributed by atoms with Crippen LogP contribution in [0.1, 0.15) is 13.3 Å². The largest absolute Gasteiger partial charge is 0.481 e. The smallest absolute Gasteiger partial charge is 0.305 e. The summed E-state index contributed by atoms with van der Waals surface area (Å²) in [7, 11) is 0. The molecular weight excluding hydrogens is 235 g/mol. The van der Waals surface area contributed by atoms with Crippen molar-refractivity contribution in [1.82, 2.24) is 5.32 Å². The van der Waals surface area contributed by atoms with Crippen molar-refractivity contribution in [3.05, 3.63) is 30.1 Å². The second-order valence-corrected chi connectivity index (χ2v) is 4.62. The van der Waals surface area contributed by atoms with E-state index < -0.39 is 5.97 Å². The Morgan fingerprint density at radius 2 is 2.22 bits per heavy atom. The molecule has 0 bridgehead atoms. The van der Waals surface area contributed by atoms with Gasteiger partial charge in [0.1, 0.15) is 5.82 Å². The molecule has 18 heavy (non-hydrogen) atoms. The van der Waals surface area contributed by atoms with E-state index in [-0.39, 0.29) is 24.3 Å². The molecule has 4 nitrogen and oxygen atoms in total. The molecule has 0 saturated carbocycles. The third-order valence-electron chi connectivity index (χ3n) is 3.23. The van der Waals surface area contributed by atoms with Crippen LogP contribution in [0.15, 0.2) is 24.3 Å². The van der Waals surface area contributed by atoms with Crippen molar-refractivity contribution in [1.29, 1.82) is 0 Å². The number of nitrogens with one attached hydrogen (secondary N) is 1. The van der Waals surface area contributed by atoms with Gasteiger partial charge in [-0.25, -0.2) is 4.39 Å². The van der Waals surface area contributed by atoms with E-state index in [1.54, 1.807) is 18.2 Å². The number of rotatable bonds is 3. The van der Waals surface area contributed by atoms with E-state index in [0.717, 1.165) is 6.54 Å². The van der Waals surface area contributed by atoms with Crippen LogP contribution in [0.2, 0.25) is 0 Å². The molecule has 1 fully saturated rings. The van der Waals surface area contributed by atoms with Gasteiger partial charge in [-0.05, 0) is 19.1 Å². The highest BCUT2D eigenvalue weighted by atomic mass is 19.1. The highest BCUT2D eigenvalue weighted by Crippen LogP contribution is 2.26. The molecule has 1 heterocycles. The van der Waals surface area contributed by atoms with Gasteiger partial charge in [0.15, 0.2) is 0 Å². The first kappa shape index (κ1) is 12.8. The number of carboxylic acids is 1. The Morgan fingerprint density at radius 3 is 2.89 bits per heavy atom. The molecule has 2 atom stereocenters. The Kier molecular flexibility index (Phi) is 3.81. The third-order valence-corrected chi connectivity index (χ3v) is 3.23. The fourth-order valence-electron chi connectivity index (χ4n) is 2.48. The zero-order valence-electron chi connectivity index (χ0n) is 10.3. The van der Waals surface area contributed by atoms with Crippen molar-refractivity contribution in [2.75, 3.05) is 18.0 Å². The molecule has 1 aromatic rings. The van der Waals surface area contributed by atoms with E-state index in [1.165, 1.54) is 6.07 Å². The summed E-state index contributed by atoms with van der Waals surface area (Å²) in [5.74, 6) is -1.17. The van der Waals surface area contributed by atoms with Crippen LogP contribution in [0, 0.1) is 5.82 Å². The van der Waals surface area contributed by atoms with Gasteiger partial charge in [-0.2, -0.15) is 0 Å². The summed E-state index contributed by atoms with van der Waals surface area (Å²) in [6.45, 7) is 3.25. The lowest BCUT2D eigenvalue weighted by atomic mass is 10.0. The number of anilines is 1. The van der Waals surface area contributed by atoms with Crippen LogP contribution in [0.5, 0.6) is 0 Å². The molecule has 0 aromatic heterocycles. The molecule has 1 saturated heterocycles. The quantitative estimate of drug-likeness (QED) is 0.855. The molecule has 1 aromatic carbocycles. The minimum absolute atomic E-state index is 0.00563. The minimum Gasteiger partial charge on any atom is -0.481 e. The number of nitrogens with zero attached hydrogens (tertiary/aromatic N) is 1. The zero-order valence-corrected chi connectivity index (χ0v) is 10.3. The van der Waals surface area contributed by atoms with Gasteiger partial charge in [-0.1, -0.05) is 12.1 Å². The number of para-hydroxylation sites is 1. The molecule has 5 heteroatoms. The highest BCUT2D eigenvalue weighted by molar-refractivity contribution is 5.69. The molecule has 0 radical (unpaired) electrons. The predicted molar refractivity (Wildman–Crippen MR) is 67.3 cm³/mol. The van der Waals surface area contributed by atoms with Crippen LogP contribution < -0.4 is 10.2 Å². The standard InChI is InChI=1S/C13H17FN2O2/c1-9-7-15-8-10(6-13(17)18)16(9)12-5-3-2-4-11(12)14/h2-5,9-10,15H,6-8H2,1H3,(H,17,18). The maximum absolute atomic E-state index is 13.8. The second kappa shape index (κ2) is 5.35. The number of carbonyl (C=O) groups is 1. The van der Waals surface area contributed by atoms with Crippen LogP contribution >= 0.6 is 0 Å². The summed E-state index contributed by atoms with van der Waals surface area (Å²) in [4.78, 5) is 12.8. The number of hydrogen-bond acceptors (Lipinski definition) is 3. The number of benzene rings is 1. The Labute approximate surface area is 105 Å². The lowest BCUT2D eigenvalue weighted by Crippen LogP contribution is -2.57. The molecular formula is C13H17FN2O2. The molecule has 98 valence electrons. The SMILES string of the molecule is CC1CNCC(CC(=O)O)N1c1ccccc1F. The summed E-state index contributed by atoms with van der Waals surface area (Å²) in [6.07, 6.45) is 0.00563. The van der Waals surface area contributed by atoms with Crippen molar-refractivity contribution < 1.29 is 14.3 Å². The predicted octanol–water partition coefficient (Wildman–Crippen LogP) is 1.47. The number of hydrogen-bond donors (Lipinski definition) is 2. The highest BCUT2D eigenvalue weighted by Gasteiger charge is 2.30. The monoisotopic (exact) mass is 252 g/mol. The van der Waals surface area contributed by atoms with Crippen molar-refractivity contribution in [2.24, 2.45) is 0 Å². The van der Waals surface area contributed by atoms with Crippen LogP contribution in [0.25, 0.3) is 0 Å². The molecule has 1 aliphatic heterocycles. The first-order chi connectivity index (χ1) is 8.59. The number of aliphatic carboxylic acids is 1. The van der Waals surface area contributed by atoms with Crippen molar-refractivity contribution in [2.45, 2.75) is 25.4 Å². The van der Waals surface area contributed by atoms with Crippen LogP contribution in [0.3, 0.4) is 0 Å². The Bertz CT molecular complexity index is 439. The van der Waals surface area contributed by atoms with Crippen molar-refractivity contribution in [3.8, 4) is 0 Å². The van der Waals surface area contributed by atoms with E-state index in [4.69, 9.17) is 5.11 Å². The average Bonchev–Trinajstić information content (AvgIpc) is 2.30. The molecule has 0 aliphatic carbocycles. The van der Waals surface area contributed by atoms with Gasteiger partial charge in [-0.3, -0.25) is 4.79 Å². The number of carboxylic acid groups (broad SMARTS) is 1. The van der Waals surface area contributed by atoms with Gasteiger partial charge < -0.3 is 15.3 Å². The average molecular weight is 252 g/mol. The first-order valence-electron chi connectivity index (χ1n) is 6.05. The summed E-state index contributed by atoms with van der Waals surface area (Å²) in [5, 5.41) is 12.1. The molecule has 0 amide bonds. The topological polar surface area (TPSA) is 52.6 Å². The van der Waals surface area contributed by atoms with Crippen LogP contribution in [0.4, 0.5) is 10.1 Å². The summed E-state index contributed by atoms with van der Waals surface area (Å²) in [6, 6.07) is 6.36. The Balaban J connectivity index is 2.30.